The van der Waals surface area contributed by atoms with E-state index >= 15 is 8.78 Å². The zero-order chi connectivity index (χ0) is 29.5. The van der Waals surface area contributed by atoms with Gasteiger partial charge in [-0.1, -0.05) is 6.07 Å². The number of halogens is 2. The molecule has 4 aromatic heterocycles. The van der Waals surface area contributed by atoms with Crippen LogP contribution in [0.4, 0.5) is 8.78 Å². The van der Waals surface area contributed by atoms with Crippen molar-refractivity contribution >= 4 is 22.6 Å². The van der Waals surface area contributed by atoms with E-state index < -0.39 is 17.6 Å². The number of fused-ring (bicyclic) bond motifs is 2. The molecule has 0 amide bonds. The van der Waals surface area contributed by atoms with Gasteiger partial charge in [0.2, 0.25) is 5.88 Å². The molecule has 0 bridgehead atoms. The summed E-state index contributed by atoms with van der Waals surface area (Å²) in [5.41, 5.74) is 2.95. The van der Waals surface area contributed by atoms with Crippen LogP contribution < -0.4 is 4.74 Å². The van der Waals surface area contributed by atoms with Gasteiger partial charge in [0.25, 0.3) is 0 Å². The molecular weight excluding hydrogens is 558 g/mol. The number of hydrogen-bond acceptors (Lipinski definition) is 7. The second-order valence-corrected chi connectivity index (χ2v) is 10.3. The van der Waals surface area contributed by atoms with Gasteiger partial charge in [-0.15, -0.1) is 0 Å². The van der Waals surface area contributed by atoms with E-state index in [0.717, 1.165) is 18.6 Å². The Balaban J connectivity index is 1.15. The van der Waals surface area contributed by atoms with E-state index in [-0.39, 0.29) is 47.4 Å². The molecule has 1 saturated heterocycles. The highest BCUT2D eigenvalue weighted by molar-refractivity contribution is 5.92. The Morgan fingerprint density at radius 1 is 1.09 bits per heavy atom. The van der Waals surface area contributed by atoms with Crippen LogP contribution in [0.3, 0.4) is 0 Å². The normalized spacial score (nSPS) is 14.7. The number of carboxylic acids is 1. The molecule has 5 heterocycles. The highest BCUT2D eigenvalue weighted by atomic mass is 19.1. The van der Waals surface area contributed by atoms with Crippen molar-refractivity contribution in [3.63, 3.8) is 0 Å². The molecule has 216 valence electrons. The second kappa shape index (κ2) is 10.9. The maximum atomic E-state index is 15.5. The molecular formula is C31H24F2N6O4. The Morgan fingerprint density at radius 3 is 2.77 bits per heavy atom. The third kappa shape index (κ3) is 5.28. The molecule has 0 aliphatic carbocycles. The average Bonchev–Trinajstić information content (AvgIpc) is 3.55. The van der Waals surface area contributed by atoms with Crippen molar-refractivity contribution in [1.82, 2.24) is 28.9 Å². The number of ether oxygens (including phenoxy) is 2. The molecule has 7 rings (SSSR count). The Bertz CT molecular complexity index is 1970. The van der Waals surface area contributed by atoms with E-state index in [2.05, 4.69) is 19.9 Å². The van der Waals surface area contributed by atoms with Crippen molar-refractivity contribution in [3.8, 4) is 17.1 Å². The molecule has 43 heavy (non-hydrogen) atoms. The monoisotopic (exact) mass is 582 g/mol. The molecule has 1 N–H and O–H groups in total. The summed E-state index contributed by atoms with van der Waals surface area (Å²) in [6.07, 6.45) is 7.67. The quantitative estimate of drug-likeness (QED) is 0.251. The summed E-state index contributed by atoms with van der Waals surface area (Å²) in [6, 6.07) is 11.8. The number of rotatable bonds is 9. The highest BCUT2D eigenvalue weighted by Crippen LogP contribution is 2.29. The van der Waals surface area contributed by atoms with Gasteiger partial charge in [-0.25, -0.2) is 28.5 Å². The lowest BCUT2D eigenvalue weighted by Gasteiger charge is -2.27. The SMILES string of the molecule is O=C(O)c1ccc2nc(Cc3cc(F)c(-c4cccc(OCc5cn6ccncc6n5)n4)cc3F)n(C[C@@H]3CCO3)c2c1. The molecule has 0 saturated carbocycles. The van der Waals surface area contributed by atoms with E-state index in [1.807, 2.05) is 15.2 Å². The molecule has 0 radical (unpaired) electrons. The number of pyridine rings is 1. The van der Waals surface area contributed by atoms with Crippen LogP contribution in [0.5, 0.6) is 5.88 Å². The summed E-state index contributed by atoms with van der Waals surface area (Å²) in [5, 5.41) is 9.47. The first-order chi connectivity index (χ1) is 20.9. The maximum absolute atomic E-state index is 15.5. The number of aromatic carboxylic acids is 1. The molecule has 1 aliphatic rings. The van der Waals surface area contributed by atoms with Gasteiger partial charge < -0.3 is 23.5 Å². The van der Waals surface area contributed by atoms with Crippen LogP contribution in [0.15, 0.2) is 73.3 Å². The average molecular weight is 583 g/mol. The number of hydrogen-bond donors (Lipinski definition) is 1. The minimum atomic E-state index is -1.06. The molecule has 6 aromatic rings. The van der Waals surface area contributed by atoms with Crippen LogP contribution in [-0.2, 0) is 24.3 Å². The fraction of sp³-hybridized carbons (Fsp3) is 0.194. The van der Waals surface area contributed by atoms with Gasteiger partial charge in [0.05, 0.1) is 46.8 Å². The lowest BCUT2D eigenvalue weighted by Crippen LogP contribution is -2.31. The Kier molecular flexibility index (Phi) is 6.74. The number of benzene rings is 2. The summed E-state index contributed by atoms with van der Waals surface area (Å²) >= 11 is 0. The molecule has 0 spiro atoms. The lowest BCUT2D eigenvalue weighted by atomic mass is 10.0. The summed E-state index contributed by atoms with van der Waals surface area (Å²) in [6.45, 7) is 1.21. The Morgan fingerprint density at radius 2 is 1.98 bits per heavy atom. The van der Waals surface area contributed by atoms with E-state index in [4.69, 9.17) is 9.47 Å². The lowest BCUT2D eigenvalue weighted by molar-refractivity contribution is -0.0589. The summed E-state index contributed by atoms with van der Waals surface area (Å²) < 4.78 is 46.0. The molecule has 1 atom stereocenters. The van der Waals surface area contributed by atoms with Crippen molar-refractivity contribution in [1.29, 1.82) is 0 Å². The zero-order valence-corrected chi connectivity index (χ0v) is 22.7. The zero-order valence-electron chi connectivity index (χ0n) is 22.7. The minimum absolute atomic E-state index is 0.00203. The van der Waals surface area contributed by atoms with E-state index in [9.17, 15) is 9.90 Å². The summed E-state index contributed by atoms with van der Waals surface area (Å²) in [7, 11) is 0. The predicted octanol–water partition coefficient (Wildman–Crippen LogP) is 5.08. The van der Waals surface area contributed by atoms with Gasteiger partial charge in [0.15, 0.2) is 5.65 Å². The molecule has 2 aromatic carbocycles. The highest BCUT2D eigenvalue weighted by Gasteiger charge is 2.23. The minimum Gasteiger partial charge on any atom is -0.478 e. The van der Waals surface area contributed by atoms with Crippen LogP contribution in [0, 0.1) is 11.6 Å². The molecule has 10 nitrogen and oxygen atoms in total. The van der Waals surface area contributed by atoms with Crippen molar-refractivity contribution < 1.29 is 28.2 Å². The first kappa shape index (κ1) is 26.7. The number of aromatic nitrogens is 6. The van der Waals surface area contributed by atoms with Gasteiger partial charge >= 0.3 is 5.97 Å². The predicted molar refractivity (Wildman–Crippen MR) is 151 cm³/mol. The molecule has 1 fully saturated rings. The number of carboxylic acid groups (broad SMARTS) is 1. The van der Waals surface area contributed by atoms with Gasteiger partial charge in [0.1, 0.15) is 24.1 Å². The fourth-order valence-corrected chi connectivity index (χ4v) is 5.12. The van der Waals surface area contributed by atoms with Gasteiger partial charge in [0, 0.05) is 43.2 Å². The van der Waals surface area contributed by atoms with E-state index in [1.165, 1.54) is 6.07 Å². The van der Waals surface area contributed by atoms with Crippen LogP contribution in [0.2, 0.25) is 0 Å². The van der Waals surface area contributed by atoms with E-state index in [0.29, 0.717) is 41.4 Å². The van der Waals surface area contributed by atoms with Gasteiger partial charge in [-0.2, -0.15) is 0 Å². The first-order valence-corrected chi connectivity index (χ1v) is 13.6. The third-order valence-corrected chi connectivity index (χ3v) is 7.42. The Hall–Kier alpha value is -5.23. The summed E-state index contributed by atoms with van der Waals surface area (Å²) in [4.78, 5) is 29.1. The van der Waals surface area contributed by atoms with Crippen molar-refractivity contribution in [2.45, 2.75) is 32.1 Å². The second-order valence-electron chi connectivity index (χ2n) is 10.3. The van der Waals surface area contributed by atoms with Crippen LogP contribution in [-0.4, -0.2) is 52.7 Å². The van der Waals surface area contributed by atoms with Gasteiger partial charge in [-0.05, 0) is 48.4 Å². The molecule has 0 unspecified atom stereocenters. The largest absolute Gasteiger partial charge is 0.478 e. The van der Waals surface area contributed by atoms with Crippen molar-refractivity contribution in [3.05, 3.63) is 108 Å². The molecule has 12 heteroatoms. The number of imidazole rings is 2. The van der Waals surface area contributed by atoms with Crippen molar-refractivity contribution in [2.24, 2.45) is 0 Å². The number of nitrogens with zero attached hydrogens (tertiary/aromatic N) is 6. The molecule has 1 aliphatic heterocycles. The summed E-state index contributed by atoms with van der Waals surface area (Å²) in [5.74, 6) is -1.60. The first-order valence-electron chi connectivity index (χ1n) is 13.6. The third-order valence-electron chi connectivity index (χ3n) is 7.42. The number of carbonyl (C=O) groups is 1. The van der Waals surface area contributed by atoms with Crippen LogP contribution >= 0.6 is 0 Å². The van der Waals surface area contributed by atoms with Crippen molar-refractivity contribution in [2.75, 3.05) is 6.61 Å². The van der Waals surface area contributed by atoms with E-state index in [1.54, 1.807) is 48.9 Å². The fourth-order valence-electron chi connectivity index (χ4n) is 5.12. The van der Waals surface area contributed by atoms with Gasteiger partial charge in [-0.3, -0.25) is 4.98 Å². The van der Waals surface area contributed by atoms with Crippen LogP contribution in [0.25, 0.3) is 27.9 Å². The smallest absolute Gasteiger partial charge is 0.335 e. The standard InChI is InChI=1S/C31H24F2N6O4/c32-23-13-22(25-2-1-3-30(37-25)43-17-20-15-38-8-7-34-14-29(38)35-20)24(33)10-19(23)12-28-36-26-5-4-18(31(40)41)11-27(26)39(28)16-21-6-9-42-21/h1-5,7-8,10-11,13-15,21H,6,9,12,16-17H2,(H,40,41)/t21-/m0/s1. The topological polar surface area (TPSA) is 117 Å². The Labute approximate surface area is 243 Å². The van der Waals surface area contributed by atoms with Crippen LogP contribution in [0.1, 0.15) is 33.9 Å². The maximum Gasteiger partial charge on any atom is 0.335 e.